The maximum absolute atomic E-state index is 8.42. The number of alkyl halides is 3. The maximum Gasteiger partial charge on any atom is 0.193 e. The Balaban J connectivity index is 3.78. The fourth-order valence-electron chi connectivity index (χ4n) is 2.09. The highest BCUT2D eigenvalue weighted by atomic mass is 35.6. The zero-order chi connectivity index (χ0) is 15.3. The number of nitrogens with zero attached hydrogens (tertiary/aromatic N) is 1. The molecule has 0 heterocycles. The SMILES string of the molecule is CCCCCCCCC(CCOCCC#N)C(Cl)(Cl)Cl. The second kappa shape index (κ2) is 13.0. The van der Waals surface area contributed by atoms with Gasteiger partial charge < -0.3 is 4.74 Å². The van der Waals surface area contributed by atoms with Crippen molar-refractivity contribution in [2.75, 3.05) is 13.2 Å². The van der Waals surface area contributed by atoms with E-state index in [1.165, 1.54) is 32.1 Å². The van der Waals surface area contributed by atoms with Crippen LogP contribution in [0.15, 0.2) is 0 Å². The van der Waals surface area contributed by atoms with Gasteiger partial charge >= 0.3 is 0 Å². The van der Waals surface area contributed by atoms with E-state index in [1.807, 2.05) is 6.07 Å². The van der Waals surface area contributed by atoms with Gasteiger partial charge in [0.2, 0.25) is 0 Å². The van der Waals surface area contributed by atoms with E-state index in [4.69, 9.17) is 44.8 Å². The fourth-order valence-corrected chi connectivity index (χ4v) is 2.74. The molecule has 0 N–H and O–H groups in total. The molecule has 5 heteroatoms. The van der Waals surface area contributed by atoms with Crippen LogP contribution in [0.3, 0.4) is 0 Å². The molecule has 2 nitrogen and oxygen atoms in total. The smallest absolute Gasteiger partial charge is 0.193 e. The first-order valence-corrected chi connectivity index (χ1v) is 8.67. The summed E-state index contributed by atoms with van der Waals surface area (Å²) in [6.07, 6.45) is 9.49. The summed E-state index contributed by atoms with van der Waals surface area (Å²) in [6.45, 7) is 3.22. The van der Waals surface area contributed by atoms with E-state index >= 15 is 0 Å². The van der Waals surface area contributed by atoms with Crippen molar-refractivity contribution in [3.63, 3.8) is 0 Å². The summed E-state index contributed by atoms with van der Waals surface area (Å²) in [5.41, 5.74) is 0. The maximum atomic E-state index is 8.42. The number of hydrogen-bond donors (Lipinski definition) is 0. The molecular weight excluding hydrogens is 317 g/mol. The Kier molecular flexibility index (Phi) is 13.2. The summed E-state index contributed by atoms with van der Waals surface area (Å²) in [5, 5.41) is 8.42. The average Bonchev–Trinajstić information content (AvgIpc) is 2.38. The van der Waals surface area contributed by atoms with Gasteiger partial charge in [-0.25, -0.2) is 0 Å². The molecule has 0 aromatic heterocycles. The Hall–Kier alpha value is 0.320. The summed E-state index contributed by atoms with van der Waals surface area (Å²) in [5.74, 6) is 0.0285. The molecule has 0 aromatic rings. The molecule has 1 atom stereocenters. The van der Waals surface area contributed by atoms with Crippen molar-refractivity contribution in [2.24, 2.45) is 5.92 Å². The molecule has 0 saturated carbocycles. The summed E-state index contributed by atoms with van der Waals surface area (Å²) >= 11 is 18.1. The lowest BCUT2D eigenvalue weighted by atomic mass is 9.98. The van der Waals surface area contributed by atoms with Crippen LogP contribution in [0.1, 0.15) is 64.7 Å². The highest BCUT2D eigenvalue weighted by molar-refractivity contribution is 6.67. The van der Waals surface area contributed by atoms with Crippen LogP contribution in [0.25, 0.3) is 0 Å². The Bertz CT molecular complexity index is 261. The molecule has 0 bridgehead atoms. The molecule has 0 saturated heterocycles. The minimum atomic E-state index is -1.22. The molecule has 0 aliphatic rings. The van der Waals surface area contributed by atoms with Gasteiger partial charge in [-0.2, -0.15) is 5.26 Å². The molecular formula is C15H26Cl3NO. The minimum Gasteiger partial charge on any atom is -0.380 e. The first-order chi connectivity index (χ1) is 9.52. The Labute approximate surface area is 138 Å². The zero-order valence-electron chi connectivity index (χ0n) is 12.3. The number of halogens is 3. The van der Waals surface area contributed by atoms with E-state index in [0.29, 0.717) is 19.6 Å². The third-order valence-electron chi connectivity index (χ3n) is 3.34. The topological polar surface area (TPSA) is 33.0 Å². The van der Waals surface area contributed by atoms with Gasteiger partial charge in [-0.3, -0.25) is 0 Å². The van der Waals surface area contributed by atoms with Crippen molar-refractivity contribution in [1.82, 2.24) is 0 Å². The van der Waals surface area contributed by atoms with Crippen molar-refractivity contribution < 1.29 is 4.74 Å². The Morgan fingerprint density at radius 1 is 1.00 bits per heavy atom. The van der Waals surface area contributed by atoms with Crippen LogP contribution >= 0.6 is 34.8 Å². The quantitative estimate of drug-likeness (QED) is 0.320. The summed E-state index contributed by atoms with van der Waals surface area (Å²) in [6, 6.07) is 2.04. The second-order valence-electron chi connectivity index (χ2n) is 5.10. The predicted molar refractivity (Wildman–Crippen MR) is 87.4 cm³/mol. The molecule has 1 unspecified atom stereocenters. The summed E-state index contributed by atoms with van der Waals surface area (Å²) in [7, 11) is 0. The van der Waals surface area contributed by atoms with Crippen LogP contribution in [-0.2, 0) is 4.74 Å². The molecule has 0 aliphatic carbocycles. The van der Waals surface area contributed by atoms with E-state index in [-0.39, 0.29) is 5.92 Å². The number of ether oxygens (including phenoxy) is 1. The van der Waals surface area contributed by atoms with Gasteiger partial charge in [0.1, 0.15) is 0 Å². The van der Waals surface area contributed by atoms with Gasteiger partial charge in [-0.1, -0.05) is 80.3 Å². The molecule has 0 radical (unpaired) electrons. The molecule has 0 fully saturated rings. The molecule has 0 amide bonds. The van der Waals surface area contributed by atoms with Crippen molar-refractivity contribution in [1.29, 1.82) is 5.26 Å². The van der Waals surface area contributed by atoms with Crippen molar-refractivity contribution >= 4 is 34.8 Å². The number of rotatable bonds is 12. The van der Waals surface area contributed by atoms with Crippen LogP contribution in [0.4, 0.5) is 0 Å². The summed E-state index contributed by atoms with van der Waals surface area (Å²) in [4.78, 5) is 0. The standard InChI is InChI=1S/C15H26Cl3NO/c1-2-3-4-5-6-7-9-14(15(16,17)18)10-13-20-12-8-11-19/h14H,2-10,12-13H2,1H3. The van der Waals surface area contributed by atoms with E-state index in [9.17, 15) is 0 Å². The van der Waals surface area contributed by atoms with Crippen molar-refractivity contribution in [2.45, 2.75) is 68.5 Å². The van der Waals surface area contributed by atoms with E-state index < -0.39 is 3.79 Å². The van der Waals surface area contributed by atoms with Gasteiger partial charge in [-0.15, -0.1) is 0 Å². The van der Waals surface area contributed by atoms with Crippen LogP contribution < -0.4 is 0 Å². The minimum absolute atomic E-state index is 0.0285. The highest BCUT2D eigenvalue weighted by Gasteiger charge is 2.31. The van der Waals surface area contributed by atoms with Gasteiger partial charge in [0.15, 0.2) is 3.79 Å². The van der Waals surface area contributed by atoms with Gasteiger partial charge in [0, 0.05) is 12.5 Å². The lowest BCUT2D eigenvalue weighted by Gasteiger charge is -2.24. The monoisotopic (exact) mass is 341 g/mol. The molecule has 0 aliphatic heterocycles. The van der Waals surface area contributed by atoms with Crippen molar-refractivity contribution in [3.8, 4) is 6.07 Å². The van der Waals surface area contributed by atoms with E-state index in [1.54, 1.807) is 0 Å². The Morgan fingerprint density at radius 2 is 1.65 bits per heavy atom. The van der Waals surface area contributed by atoms with E-state index in [0.717, 1.165) is 19.3 Å². The molecule has 0 rings (SSSR count). The van der Waals surface area contributed by atoms with Crippen LogP contribution in [0, 0.1) is 17.2 Å². The molecule has 118 valence electrons. The zero-order valence-corrected chi connectivity index (χ0v) is 14.6. The lowest BCUT2D eigenvalue weighted by Crippen LogP contribution is -2.21. The van der Waals surface area contributed by atoms with Crippen LogP contribution in [-0.4, -0.2) is 17.0 Å². The molecule has 0 aromatic carbocycles. The summed E-state index contributed by atoms with van der Waals surface area (Å²) < 4.78 is 4.14. The van der Waals surface area contributed by atoms with Crippen LogP contribution in [0.2, 0.25) is 0 Å². The fraction of sp³-hybridized carbons (Fsp3) is 0.933. The van der Waals surface area contributed by atoms with Gasteiger partial charge in [0.25, 0.3) is 0 Å². The first kappa shape index (κ1) is 20.3. The number of unbranched alkanes of at least 4 members (excludes halogenated alkanes) is 5. The van der Waals surface area contributed by atoms with Gasteiger partial charge in [0.05, 0.1) is 19.1 Å². The van der Waals surface area contributed by atoms with Gasteiger partial charge in [-0.05, 0) is 12.8 Å². The third-order valence-corrected chi connectivity index (χ3v) is 4.26. The predicted octanol–water partition coefficient (Wildman–Crippen LogP) is 6.04. The van der Waals surface area contributed by atoms with Crippen molar-refractivity contribution in [3.05, 3.63) is 0 Å². The molecule has 0 spiro atoms. The normalized spacial score (nSPS) is 13.2. The lowest BCUT2D eigenvalue weighted by molar-refractivity contribution is 0.123. The number of nitriles is 1. The van der Waals surface area contributed by atoms with Crippen LogP contribution in [0.5, 0.6) is 0 Å². The molecule has 20 heavy (non-hydrogen) atoms. The second-order valence-corrected chi connectivity index (χ2v) is 7.47. The number of hydrogen-bond acceptors (Lipinski definition) is 2. The highest BCUT2D eigenvalue weighted by Crippen LogP contribution is 2.40. The average molecular weight is 343 g/mol. The third kappa shape index (κ3) is 12.1. The largest absolute Gasteiger partial charge is 0.380 e. The van der Waals surface area contributed by atoms with E-state index in [2.05, 4.69) is 6.92 Å². The Morgan fingerprint density at radius 3 is 2.25 bits per heavy atom. The first-order valence-electron chi connectivity index (χ1n) is 7.53.